The molecule has 0 unspecified atom stereocenters. The molecule has 2 rings (SSSR count). The lowest BCUT2D eigenvalue weighted by molar-refractivity contribution is -0.116. The maximum atomic E-state index is 12.2. The Morgan fingerprint density at radius 2 is 1.70 bits per heavy atom. The van der Waals surface area contributed by atoms with Gasteiger partial charge < -0.3 is 0 Å². The highest BCUT2D eigenvalue weighted by molar-refractivity contribution is 7.92. The molecular weight excluding hydrogens is 272 g/mol. The number of hydrogen-bond donors (Lipinski definition) is 0. The number of carbonyl (C=O) groups is 1. The maximum absolute atomic E-state index is 12.2. The fourth-order valence-electron chi connectivity index (χ4n) is 1.98. The Labute approximate surface area is 119 Å². The Morgan fingerprint density at radius 3 is 2.35 bits per heavy atom. The molecule has 0 aliphatic carbocycles. The minimum absolute atomic E-state index is 0.145. The number of sulfone groups is 1. The van der Waals surface area contributed by atoms with Crippen molar-refractivity contribution in [2.75, 3.05) is 5.75 Å². The lowest BCUT2D eigenvalue weighted by Gasteiger charge is -2.05. The Balaban J connectivity index is 2.11. The summed E-state index contributed by atoms with van der Waals surface area (Å²) in [4.78, 5) is 12.1. The van der Waals surface area contributed by atoms with Crippen LogP contribution < -0.4 is 0 Å². The first-order chi connectivity index (χ1) is 9.47. The molecule has 2 aromatic carbocycles. The van der Waals surface area contributed by atoms with Crippen molar-refractivity contribution >= 4 is 15.6 Å². The Kier molecular flexibility index (Phi) is 4.35. The molecule has 0 aliphatic heterocycles. The number of ketones is 1. The second kappa shape index (κ2) is 6.01. The molecule has 0 saturated heterocycles. The van der Waals surface area contributed by atoms with Crippen LogP contribution in [0.5, 0.6) is 0 Å². The van der Waals surface area contributed by atoms with E-state index in [4.69, 9.17) is 0 Å². The molecule has 3 nitrogen and oxygen atoms in total. The van der Waals surface area contributed by atoms with E-state index in [0.29, 0.717) is 0 Å². The molecular formula is C16H16O3S. The van der Waals surface area contributed by atoms with Gasteiger partial charge in [-0.3, -0.25) is 4.79 Å². The molecule has 104 valence electrons. The van der Waals surface area contributed by atoms with Gasteiger partial charge >= 0.3 is 0 Å². The van der Waals surface area contributed by atoms with Crippen molar-refractivity contribution in [2.24, 2.45) is 0 Å². The summed E-state index contributed by atoms with van der Waals surface area (Å²) in [6.45, 7) is 1.82. The van der Waals surface area contributed by atoms with Crippen LogP contribution in [0.1, 0.15) is 11.1 Å². The van der Waals surface area contributed by atoms with Crippen LogP contribution >= 0.6 is 0 Å². The number of carbonyl (C=O) groups excluding carboxylic acids is 1. The van der Waals surface area contributed by atoms with Crippen LogP contribution in [0.15, 0.2) is 59.5 Å². The molecule has 0 heterocycles. The zero-order valence-electron chi connectivity index (χ0n) is 11.2. The summed E-state index contributed by atoms with van der Waals surface area (Å²) in [5, 5.41) is 0. The molecule has 0 radical (unpaired) electrons. The van der Waals surface area contributed by atoms with Crippen molar-refractivity contribution in [2.45, 2.75) is 18.2 Å². The van der Waals surface area contributed by atoms with E-state index in [1.165, 1.54) is 6.07 Å². The summed E-state index contributed by atoms with van der Waals surface area (Å²) >= 11 is 0. The van der Waals surface area contributed by atoms with Crippen LogP contribution in [0.4, 0.5) is 0 Å². The summed E-state index contributed by atoms with van der Waals surface area (Å²) in [5.74, 6) is -0.747. The minimum atomic E-state index is -3.55. The quantitative estimate of drug-likeness (QED) is 0.849. The molecule has 0 atom stereocenters. The smallest absolute Gasteiger partial charge is 0.185 e. The van der Waals surface area contributed by atoms with E-state index in [9.17, 15) is 13.2 Å². The first-order valence-corrected chi connectivity index (χ1v) is 7.98. The molecule has 0 fully saturated rings. The first kappa shape index (κ1) is 14.5. The van der Waals surface area contributed by atoms with Gasteiger partial charge in [-0.2, -0.15) is 0 Å². The van der Waals surface area contributed by atoms with Crippen LogP contribution in [-0.4, -0.2) is 20.0 Å². The van der Waals surface area contributed by atoms with Gasteiger partial charge in [-0.05, 0) is 30.2 Å². The summed E-state index contributed by atoms with van der Waals surface area (Å²) in [7, 11) is -3.55. The number of rotatable bonds is 5. The van der Waals surface area contributed by atoms with Gasteiger partial charge in [0.15, 0.2) is 15.6 Å². The van der Waals surface area contributed by atoms with Crippen LogP contribution in [0, 0.1) is 6.92 Å². The predicted octanol–water partition coefficient (Wildman–Crippen LogP) is 2.58. The minimum Gasteiger partial charge on any atom is -0.298 e. The number of aryl methyl sites for hydroxylation is 1. The second-order valence-corrected chi connectivity index (χ2v) is 6.77. The van der Waals surface area contributed by atoms with Crippen LogP contribution in [0.3, 0.4) is 0 Å². The fraction of sp³-hybridized carbons (Fsp3) is 0.188. The fourth-order valence-corrected chi connectivity index (χ4v) is 3.32. The number of hydrogen-bond acceptors (Lipinski definition) is 3. The van der Waals surface area contributed by atoms with Crippen LogP contribution in [0.2, 0.25) is 0 Å². The molecule has 0 amide bonds. The summed E-state index contributed by atoms with van der Waals surface area (Å²) in [5.41, 5.74) is 1.69. The molecule has 0 aromatic heterocycles. The van der Waals surface area contributed by atoms with Crippen molar-refractivity contribution in [3.63, 3.8) is 0 Å². The molecule has 2 aromatic rings. The van der Waals surface area contributed by atoms with Gasteiger partial charge in [0.2, 0.25) is 0 Å². The van der Waals surface area contributed by atoms with E-state index < -0.39 is 15.6 Å². The number of benzene rings is 2. The zero-order valence-corrected chi connectivity index (χ0v) is 12.1. The number of Topliss-reactive ketones (excluding diaryl/α,β-unsaturated/α-hetero) is 1. The highest BCUT2D eigenvalue weighted by atomic mass is 32.2. The molecule has 0 bridgehead atoms. The van der Waals surface area contributed by atoms with E-state index in [0.717, 1.165) is 11.1 Å². The molecule has 0 aliphatic rings. The third-order valence-corrected chi connectivity index (χ3v) is 4.62. The molecule has 4 heteroatoms. The van der Waals surface area contributed by atoms with E-state index in [2.05, 4.69) is 0 Å². The van der Waals surface area contributed by atoms with E-state index in [1.54, 1.807) is 12.1 Å². The zero-order chi connectivity index (χ0) is 14.6. The third kappa shape index (κ3) is 3.78. The normalized spacial score (nSPS) is 11.2. The van der Waals surface area contributed by atoms with Crippen molar-refractivity contribution < 1.29 is 13.2 Å². The average Bonchev–Trinajstić information content (AvgIpc) is 2.39. The Morgan fingerprint density at radius 1 is 1.00 bits per heavy atom. The largest absolute Gasteiger partial charge is 0.298 e. The van der Waals surface area contributed by atoms with Crippen LogP contribution in [0.25, 0.3) is 0 Å². The van der Waals surface area contributed by atoms with Crippen molar-refractivity contribution in [3.8, 4) is 0 Å². The monoisotopic (exact) mass is 288 g/mol. The van der Waals surface area contributed by atoms with Gasteiger partial charge in [0.1, 0.15) is 5.75 Å². The van der Waals surface area contributed by atoms with Gasteiger partial charge in [0.25, 0.3) is 0 Å². The molecule has 0 saturated carbocycles. The topological polar surface area (TPSA) is 51.2 Å². The Hall–Kier alpha value is -1.94. The van der Waals surface area contributed by atoms with Crippen LogP contribution in [-0.2, 0) is 21.1 Å². The van der Waals surface area contributed by atoms with Gasteiger partial charge in [0.05, 0.1) is 4.90 Å². The average molecular weight is 288 g/mol. The van der Waals surface area contributed by atoms with Gasteiger partial charge in [-0.1, -0.05) is 42.5 Å². The van der Waals surface area contributed by atoms with Crippen molar-refractivity contribution in [1.82, 2.24) is 0 Å². The summed E-state index contributed by atoms with van der Waals surface area (Å²) in [6.07, 6.45) is 0.145. The van der Waals surface area contributed by atoms with E-state index >= 15 is 0 Å². The Bertz CT molecular complexity index is 704. The van der Waals surface area contributed by atoms with Gasteiger partial charge in [0, 0.05) is 6.42 Å². The van der Waals surface area contributed by atoms with Crippen molar-refractivity contribution in [3.05, 3.63) is 65.7 Å². The van der Waals surface area contributed by atoms with E-state index in [-0.39, 0.29) is 17.1 Å². The highest BCUT2D eigenvalue weighted by Crippen LogP contribution is 2.13. The van der Waals surface area contributed by atoms with E-state index in [1.807, 2.05) is 43.3 Å². The van der Waals surface area contributed by atoms with Gasteiger partial charge in [-0.25, -0.2) is 8.42 Å². The van der Waals surface area contributed by atoms with Crippen molar-refractivity contribution in [1.29, 1.82) is 0 Å². The molecule has 20 heavy (non-hydrogen) atoms. The molecule has 0 spiro atoms. The third-order valence-electron chi connectivity index (χ3n) is 2.94. The second-order valence-electron chi connectivity index (χ2n) is 4.78. The predicted molar refractivity (Wildman–Crippen MR) is 78.4 cm³/mol. The molecule has 0 N–H and O–H groups in total. The maximum Gasteiger partial charge on any atom is 0.185 e. The summed E-state index contributed by atoms with van der Waals surface area (Å²) < 4.78 is 24.3. The van der Waals surface area contributed by atoms with Gasteiger partial charge in [-0.15, -0.1) is 0 Å². The SMILES string of the molecule is Cc1cccc(S(=O)(=O)CC(=O)Cc2ccccc2)c1. The summed E-state index contributed by atoms with van der Waals surface area (Å²) in [6, 6.07) is 15.8. The lowest BCUT2D eigenvalue weighted by atomic mass is 10.1. The standard InChI is InChI=1S/C16H16O3S/c1-13-6-5-9-16(10-13)20(18,19)12-15(17)11-14-7-3-2-4-8-14/h2-10H,11-12H2,1H3. The first-order valence-electron chi connectivity index (χ1n) is 6.32. The highest BCUT2D eigenvalue weighted by Gasteiger charge is 2.19. The lowest BCUT2D eigenvalue weighted by Crippen LogP contribution is -2.18.